The molecule has 0 saturated carbocycles. The number of hydrogen-bond donors (Lipinski definition) is 1. The molecular weight excluding hydrogens is 340 g/mol. The highest BCUT2D eigenvalue weighted by Crippen LogP contribution is 2.19. The number of nitrogens with one attached hydrogen (secondary N) is 1. The molecule has 27 heavy (non-hydrogen) atoms. The lowest BCUT2D eigenvalue weighted by atomic mass is 9.96. The maximum atomic E-state index is 12.6. The fourth-order valence-corrected chi connectivity index (χ4v) is 3.89. The predicted octanol–water partition coefficient (Wildman–Crippen LogP) is 2.93. The van der Waals surface area contributed by atoms with E-state index in [1.807, 2.05) is 30.9 Å². The van der Waals surface area contributed by atoms with Gasteiger partial charge >= 0.3 is 6.03 Å². The van der Waals surface area contributed by atoms with Gasteiger partial charge in [0.25, 0.3) is 0 Å². The van der Waals surface area contributed by atoms with E-state index in [4.69, 9.17) is 0 Å². The first kappa shape index (κ1) is 19.3. The summed E-state index contributed by atoms with van der Waals surface area (Å²) < 4.78 is 2.15. The number of rotatable bonds is 6. The molecule has 0 spiro atoms. The lowest BCUT2D eigenvalue weighted by Gasteiger charge is -2.34. The van der Waals surface area contributed by atoms with Crippen LogP contribution < -0.4 is 5.32 Å². The number of carbonyl (C=O) groups excluding carboxylic acids is 2. The summed E-state index contributed by atoms with van der Waals surface area (Å²) >= 11 is 0. The summed E-state index contributed by atoms with van der Waals surface area (Å²) in [6.45, 7) is 8.00. The van der Waals surface area contributed by atoms with Gasteiger partial charge in [-0.15, -0.1) is 0 Å². The Morgan fingerprint density at radius 1 is 1.19 bits per heavy atom. The van der Waals surface area contributed by atoms with E-state index in [9.17, 15) is 9.59 Å². The molecule has 1 aliphatic heterocycles. The molecule has 0 bridgehead atoms. The molecule has 6 nitrogen and oxygen atoms in total. The highest BCUT2D eigenvalue weighted by atomic mass is 16.2. The monoisotopic (exact) mass is 370 g/mol. The molecule has 1 unspecified atom stereocenters. The fraction of sp³-hybridized carbons (Fsp3) is 0.524. The molecule has 1 saturated heterocycles. The maximum Gasteiger partial charge on any atom is 0.317 e. The molecule has 2 heterocycles. The standard InChI is InChI=1S/C21H30N4O2/c1-3-23(4-2)20(26)18-9-7-13-25(16-18)21(27)22-12-15-24-14-11-17-8-5-6-10-19(17)24/h5-6,8,10-11,14,18H,3-4,7,9,12-13,15-16H2,1-2H3,(H,22,27). The van der Waals surface area contributed by atoms with Crippen molar-refractivity contribution in [3.63, 3.8) is 0 Å². The number of amides is 3. The van der Waals surface area contributed by atoms with Crippen molar-refractivity contribution in [2.24, 2.45) is 5.92 Å². The Morgan fingerprint density at radius 2 is 1.96 bits per heavy atom. The molecule has 3 rings (SSSR count). The first-order valence-corrected chi connectivity index (χ1v) is 9.99. The van der Waals surface area contributed by atoms with Gasteiger partial charge in [0.1, 0.15) is 0 Å². The smallest absolute Gasteiger partial charge is 0.317 e. The average Bonchev–Trinajstić information content (AvgIpc) is 3.12. The van der Waals surface area contributed by atoms with Crippen LogP contribution in [0.1, 0.15) is 26.7 Å². The van der Waals surface area contributed by atoms with Crippen molar-refractivity contribution in [2.45, 2.75) is 33.2 Å². The summed E-state index contributed by atoms with van der Waals surface area (Å²) in [5.41, 5.74) is 1.18. The van der Waals surface area contributed by atoms with Crippen LogP contribution in [0.2, 0.25) is 0 Å². The van der Waals surface area contributed by atoms with Crippen LogP contribution in [0.5, 0.6) is 0 Å². The number of likely N-dealkylation sites (tertiary alicyclic amines) is 1. The molecule has 1 atom stereocenters. The number of carbonyl (C=O) groups is 2. The quantitative estimate of drug-likeness (QED) is 0.850. The van der Waals surface area contributed by atoms with Crippen molar-refractivity contribution in [2.75, 3.05) is 32.7 Å². The average molecular weight is 370 g/mol. The van der Waals surface area contributed by atoms with E-state index >= 15 is 0 Å². The Labute approximate surface area is 161 Å². The number of urea groups is 1. The Balaban J connectivity index is 1.51. The largest absolute Gasteiger partial charge is 0.346 e. The topological polar surface area (TPSA) is 57.6 Å². The molecule has 1 aromatic heterocycles. The van der Waals surface area contributed by atoms with Crippen molar-refractivity contribution in [3.8, 4) is 0 Å². The summed E-state index contributed by atoms with van der Waals surface area (Å²) in [5.74, 6) is 0.106. The maximum absolute atomic E-state index is 12.6. The minimum atomic E-state index is -0.0715. The molecule has 1 fully saturated rings. The number of piperidine rings is 1. The van der Waals surface area contributed by atoms with Crippen molar-refractivity contribution >= 4 is 22.8 Å². The number of nitrogens with zero attached hydrogens (tertiary/aromatic N) is 3. The van der Waals surface area contributed by atoms with E-state index in [0.717, 1.165) is 39.0 Å². The SMILES string of the molecule is CCN(CC)C(=O)C1CCCN(C(=O)NCCn2ccc3ccccc32)C1. The molecule has 1 aromatic carbocycles. The van der Waals surface area contributed by atoms with Gasteiger partial charge in [0.2, 0.25) is 5.91 Å². The Bertz CT molecular complexity index is 781. The van der Waals surface area contributed by atoms with Gasteiger partial charge in [0, 0.05) is 51.0 Å². The third-order valence-electron chi connectivity index (χ3n) is 5.44. The van der Waals surface area contributed by atoms with E-state index in [0.29, 0.717) is 13.1 Å². The predicted molar refractivity (Wildman–Crippen MR) is 108 cm³/mol. The Morgan fingerprint density at radius 3 is 2.74 bits per heavy atom. The van der Waals surface area contributed by atoms with E-state index in [-0.39, 0.29) is 17.9 Å². The van der Waals surface area contributed by atoms with E-state index in [1.165, 1.54) is 10.9 Å². The Hall–Kier alpha value is -2.50. The van der Waals surface area contributed by atoms with Crippen LogP contribution >= 0.6 is 0 Å². The number of hydrogen-bond acceptors (Lipinski definition) is 2. The van der Waals surface area contributed by atoms with Gasteiger partial charge in [0.15, 0.2) is 0 Å². The van der Waals surface area contributed by atoms with E-state index in [1.54, 1.807) is 4.90 Å². The van der Waals surface area contributed by atoms with Crippen molar-refractivity contribution in [1.82, 2.24) is 19.7 Å². The zero-order chi connectivity index (χ0) is 19.2. The molecule has 2 aromatic rings. The molecule has 6 heteroatoms. The van der Waals surface area contributed by atoms with Gasteiger partial charge in [-0.25, -0.2) is 4.79 Å². The number of aromatic nitrogens is 1. The highest BCUT2D eigenvalue weighted by Gasteiger charge is 2.30. The molecule has 1 aliphatic rings. The van der Waals surface area contributed by atoms with Gasteiger partial charge in [0.05, 0.1) is 5.92 Å². The zero-order valence-corrected chi connectivity index (χ0v) is 16.4. The number of benzene rings is 1. The van der Waals surface area contributed by atoms with Gasteiger partial charge < -0.3 is 19.7 Å². The second-order valence-corrected chi connectivity index (χ2v) is 7.10. The third kappa shape index (κ3) is 4.43. The molecular formula is C21H30N4O2. The fourth-order valence-electron chi connectivity index (χ4n) is 3.89. The minimum Gasteiger partial charge on any atom is -0.346 e. The van der Waals surface area contributed by atoms with Crippen LogP contribution in [-0.4, -0.2) is 59.0 Å². The second kappa shape index (κ2) is 8.93. The van der Waals surface area contributed by atoms with Crippen LogP contribution in [0.25, 0.3) is 10.9 Å². The summed E-state index contributed by atoms with van der Waals surface area (Å²) in [6.07, 6.45) is 3.80. The normalized spacial score (nSPS) is 17.1. The van der Waals surface area contributed by atoms with Gasteiger partial charge in [-0.1, -0.05) is 18.2 Å². The van der Waals surface area contributed by atoms with Crippen molar-refractivity contribution in [3.05, 3.63) is 36.5 Å². The molecule has 1 N–H and O–H groups in total. The number of para-hydroxylation sites is 1. The minimum absolute atomic E-state index is 0.0662. The summed E-state index contributed by atoms with van der Waals surface area (Å²) in [6, 6.07) is 10.3. The van der Waals surface area contributed by atoms with Crippen LogP contribution in [0.3, 0.4) is 0 Å². The molecule has 3 amide bonds. The van der Waals surface area contributed by atoms with Crippen molar-refractivity contribution < 1.29 is 9.59 Å². The zero-order valence-electron chi connectivity index (χ0n) is 16.4. The summed E-state index contributed by atoms with van der Waals surface area (Å²) in [4.78, 5) is 28.8. The molecule has 0 aliphatic carbocycles. The van der Waals surface area contributed by atoms with E-state index < -0.39 is 0 Å². The Kier molecular flexibility index (Phi) is 6.37. The van der Waals surface area contributed by atoms with Gasteiger partial charge in [-0.2, -0.15) is 0 Å². The van der Waals surface area contributed by atoms with Crippen molar-refractivity contribution in [1.29, 1.82) is 0 Å². The summed E-state index contributed by atoms with van der Waals surface area (Å²) in [5, 5.41) is 4.22. The lowest BCUT2D eigenvalue weighted by Crippen LogP contribution is -2.50. The van der Waals surface area contributed by atoms with Gasteiger partial charge in [-0.05, 0) is 44.2 Å². The molecule has 0 radical (unpaired) electrons. The summed E-state index contributed by atoms with van der Waals surface area (Å²) in [7, 11) is 0. The van der Waals surface area contributed by atoms with Crippen LogP contribution in [0.4, 0.5) is 4.79 Å². The van der Waals surface area contributed by atoms with Crippen LogP contribution in [0.15, 0.2) is 36.5 Å². The molecule has 146 valence electrons. The van der Waals surface area contributed by atoms with Crippen LogP contribution in [-0.2, 0) is 11.3 Å². The third-order valence-corrected chi connectivity index (χ3v) is 5.44. The first-order chi connectivity index (χ1) is 13.1. The van der Waals surface area contributed by atoms with Gasteiger partial charge in [-0.3, -0.25) is 4.79 Å². The first-order valence-electron chi connectivity index (χ1n) is 9.99. The van der Waals surface area contributed by atoms with E-state index in [2.05, 4.69) is 34.3 Å². The number of fused-ring (bicyclic) bond motifs is 1. The second-order valence-electron chi connectivity index (χ2n) is 7.10. The van der Waals surface area contributed by atoms with Crippen LogP contribution in [0, 0.1) is 5.92 Å². The lowest BCUT2D eigenvalue weighted by molar-refractivity contribution is -0.136. The highest BCUT2D eigenvalue weighted by molar-refractivity contribution is 5.81.